The molecular formula is C14H22N4OS. The molecule has 1 aromatic rings. The number of likely N-dealkylation sites (tertiary alicyclic amines) is 1. The fraction of sp³-hybridized carbons (Fsp3) is 0.643. The molecule has 1 atom stereocenters. The standard InChI is InChI=1S/C14H22N4OS/c19-14(18-7-1-2-8-18)12-3-4-13(20-12)17-10-11-9-15-5-6-16-11/h3-4,11,15-17H,1-2,5-10H2. The Balaban J connectivity index is 1.52. The maximum atomic E-state index is 12.3. The number of anilines is 1. The Morgan fingerprint density at radius 1 is 1.35 bits per heavy atom. The van der Waals surface area contributed by atoms with Crippen LogP contribution in [0.2, 0.25) is 0 Å². The maximum Gasteiger partial charge on any atom is 0.263 e. The van der Waals surface area contributed by atoms with Crippen LogP contribution in [-0.2, 0) is 0 Å². The van der Waals surface area contributed by atoms with Crippen molar-refractivity contribution >= 4 is 22.2 Å². The summed E-state index contributed by atoms with van der Waals surface area (Å²) in [6.07, 6.45) is 2.28. The third-order valence-electron chi connectivity index (χ3n) is 3.86. The van der Waals surface area contributed by atoms with E-state index in [0.29, 0.717) is 6.04 Å². The minimum Gasteiger partial charge on any atom is -0.375 e. The highest BCUT2D eigenvalue weighted by Gasteiger charge is 2.21. The zero-order valence-corrected chi connectivity index (χ0v) is 12.5. The molecule has 1 aromatic heterocycles. The lowest BCUT2D eigenvalue weighted by Gasteiger charge is -2.24. The quantitative estimate of drug-likeness (QED) is 0.774. The van der Waals surface area contributed by atoms with Gasteiger partial charge in [0.1, 0.15) is 0 Å². The number of nitrogens with zero attached hydrogens (tertiary/aromatic N) is 1. The van der Waals surface area contributed by atoms with Crippen molar-refractivity contribution in [2.45, 2.75) is 18.9 Å². The SMILES string of the molecule is O=C(c1ccc(NCC2CNCCN2)s1)N1CCCC1. The van der Waals surface area contributed by atoms with Crippen molar-refractivity contribution in [2.75, 3.05) is 44.6 Å². The lowest BCUT2D eigenvalue weighted by atomic mass is 10.2. The number of amides is 1. The van der Waals surface area contributed by atoms with Gasteiger partial charge in [0, 0.05) is 45.3 Å². The van der Waals surface area contributed by atoms with Gasteiger partial charge in [-0.2, -0.15) is 0 Å². The minimum atomic E-state index is 0.193. The number of hydrogen-bond donors (Lipinski definition) is 3. The molecule has 3 N–H and O–H groups in total. The summed E-state index contributed by atoms with van der Waals surface area (Å²) in [5.74, 6) is 0.193. The molecule has 3 heterocycles. The monoisotopic (exact) mass is 294 g/mol. The summed E-state index contributed by atoms with van der Waals surface area (Å²) < 4.78 is 0. The highest BCUT2D eigenvalue weighted by Crippen LogP contribution is 2.24. The van der Waals surface area contributed by atoms with Gasteiger partial charge < -0.3 is 20.9 Å². The van der Waals surface area contributed by atoms with Crippen LogP contribution in [0.5, 0.6) is 0 Å². The highest BCUT2D eigenvalue weighted by molar-refractivity contribution is 7.17. The van der Waals surface area contributed by atoms with Crippen molar-refractivity contribution in [3.05, 3.63) is 17.0 Å². The Morgan fingerprint density at radius 3 is 2.95 bits per heavy atom. The van der Waals surface area contributed by atoms with Crippen LogP contribution in [0.1, 0.15) is 22.5 Å². The number of carbonyl (C=O) groups is 1. The average Bonchev–Trinajstić information content (AvgIpc) is 3.17. The number of rotatable bonds is 4. The number of carbonyl (C=O) groups excluding carboxylic acids is 1. The van der Waals surface area contributed by atoms with Crippen molar-refractivity contribution in [3.63, 3.8) is 0 Å². The molecule has 3 rings (SSSR count). The Hall–Kier alpha value is -1.11. The topological polar surface area (TPSA) is 56.4 Å². The molecule has 110 valence electrons. The smallest absolute Gasteiger partial charge is 0.263 e. The van der Waals surface area contributed by atoms with Crippen LogP contribution in [0.25, 0.3) is 0 Å². The van der Waals surface area contributed by atoms with Crippen LogP contribution in [-0.4, -0.2) is 56.1 Å². The number of nitrogens with one attached hydrogen (secondary N) is 3. The normalized spacial score (nSPS) is 23.0. The van der Waals surface area contributed by atoms with Crippen molar-refractivity contribution < 1.29 is 4.79 Å². The van der Waals surface area contributed by atoms with Gasteiger partial charge in [0.25, 0.3) is 5.91 Å². The second-order valence-electron chi connectivity index (χ2n) is 5.40. The fourth-order valence-corrected chi connectivity index (χ4v) is 3.59. The van der Waals surface area contributed by atoms with E-state index in [1.54, 1.807) is 11.3 Å². The van der Waals surface area contributed by atoms with Gasteiger partial charge in [0.15, 0.2) is 0 Å². The molecule has 0 radical (unpaired) electrons. The Bertz CT molecular complexity index is 450. The molecule has 2 aliphatic heterocycles. The van der Waals surface area contributed by atoms with Gasteiger partial charge in [-0.15, -0.1) is 11.3 Å². The Labute approximate surface area is 123 Å². The largest absolute Gasteiger partial charge is 0.375 e. The molecule has 0 spiro atoms. The van der Waals surface area contributed by atoms with Crippen LogP contribution in [0.15, 0.2) is 12.1 Å². The molecular weight excluding hydrogens is 272 g/mol. The highest BCUT2D eigenvalue weighted by atomic mass is 32.1. The van der Waals surface area contributed by atoms with E-state index in [0.717, 1.165) is 62.0 Å². The van der Waals surface area contributed by atoms with Crippen LogP contribution in [0.3, 0.4) is 0 Å². The van der Waals surface area contributed by atoms with Crippen LogP contribution in [0, 0.1) is 0 Å². The van der Waals surface area contributed by atoms with Crippen molar-refractivity contribution in [1.29, 1.82) is 0 Å². The first-order chi connectivity index (χ1) is 9.83. The third-order valence-corrected chi connectivity index (χ3v) is 4.89. The summed E-state index contributed by atoms with van der Waals surface area (Å²) in [6, 6.07) is 4.42. The van der Waals surface area contributed by atoms with E-state index in [9.17, 15) is 4.79 Å². The molecule has 6 heteroatoms. The molecule has 2 saturated heterocycles. The van der Waals surface area contributed by atoms with Crippen LogP contribution < -0.4 is 16.0 Å². The lowest BCUT2D eigenvalue weighted by Crippen LogP contribution is -2.51. The Kier molecular flexibility index (Phi) is 4.54. The molecule has 0 aliphatic carbocycles. The molecule has 2 aliphatic rings. The van der Waals surface area contributed by atoms with Gasteiger partial charge in [-0.1, -0.05) is 0 Å². The zero-order chi connectivity index (χ0) is 13.8. The number of thiophene rings is 1. The second kappa shape index (κ2) is 6.56. The van der Waals surface area contributed by atoms with Gasteiger partial charge in [0.2, 0.25) is 0 Å². The molecule has 20 heavy (non-hydrogen) atoms. The van der Waals surface area contributed by atoms with Gasteiger partial charge >= 0.3 is 0 Å². The first kappa shape index (κ1) is 13.9. The molecule has 1 amide bonds. The summed E-state index contributed by atoms with van der Waals surface area (Å²) in [7, 11) is 0. The molecule has 0 saturated carbocycles. The van der Waals surface area contributed by atoms with E-state index in [2.05, 4.69) is 16.0 Å². The summed E-state index contributed by atoms with van der Waals surface area (Å²) in [6.45, 7) is 5.79. The predicted molar refractivity (Wildman–Crippen MR) is 82.6 cm³/mol. The van der Waals surface area contributed by atoms with Gasteiger partial charge in [0.05, 0.1) is 9.88 Å². The Morgan fingerprint density at radius 2 is 2.20 bits per heavy atom. The molecule has 1 unspecified atom stereocenters. The third kappa shape index (κ3) is 3.31. The van der Waals surface area contributed by atoms with Crippen LogP contribution in [0.4, 0.5) is 5.00 Å². The first-order valence-corrected chi connectivity index (χ1v) is 8.22. The summed E-state index contributed by atoms with van der Waals surface area (Å²) >= 11 is 1.57. The van der Waals surface area contributed by atoms with Gasteiger partial charge in [-0.25, -0.2) is 0 Å². The van der Waals surface area contributed by atoms with Crippen molar-refractivity contribution in [3.8, 4) is 0 Å². The lowest BCUT2D eigenvalue weighted by molar-refractivity contribution is 0.0797. The summed E-state index contributed by atoms with van der Waals surface area (Å²) in [5.41, 5.74) is 0. The number of hydrogen-bond acceptors (Lipinski definition) is 5. The second-order valence-corrected chi connectivity index (χ2v) is 6.48. The minimum absolute atomic E-state index is 0.193. The maximum absolute atomic E-state index is 12.3. The van der Waals surface area contributed by atoms with E-state index in [-0.39, 0.29) is 5.91 Å². The summed E-state index contributed by atoms with van der Waals surface area (Å²) in [5, 5.41) is 11.3. The zero-order valence-electron chi connectivity index (χ0n) is 11.7. The molecule has 5 nitrogen and oxygen atoms in total. The van der Waals surface area contributed by atoms with Crippen LogP contribution >= 0.6 is 11.3 Å². The van der Waals surface area contributed by atoms with E-state index < -0.39 is 0 Å². The first-order valence-electron chi connectivity index (χ1n) is 7.40. The number of piperazine rings is 1. The van der Waals surface area contributed by atoms with Crippen molar-refractivity contribution in [1.82, 2.24) is 15.5 Å². The average molecular weight is 294 g/mol. The predicted octanol–water partition coefficient (Wildman–Crippen LogP) is 0.957. The molecule has 0 aromatic carbocycles. The van der Waals surface area contributed by atoms with E-state index in [1.807, 2.05) is 17.0 Å². The van der Waals surface area contributed by atoms with Crippen molar-refractivity contribution in [2.24, 2.45) is 0 Å². The van der Waals surface area contributed by atoms with E-state index in [4.69, 9.17) is 0 Å². The van der Waals surface area contributed by atoms with Gasteiger partial charge in [-0.05, 0) is 25.0 Å². The van der Waals surface area contributed by atoms with Gasteiger partial charge in [-0.3, -0.25) is 4.79 Å². The molecule has 0 bridgehead atoms. The summed E-state index contributed by atoms with van der Waals surface area (Å²) in [4.78, 5) is 15.1. The fourth-order valence-electron chi connectivity index (χ4n) is 2.71. The molecule has 2 fully saturated rings. The van der Waals surface area contributed by atoms with E-state index >= 15 is 0 Å². The van der Waals surface area contributed by atoms with E-state index in [1.165, 1.54) is 0 Å².